The Morgan fingerprint density at radius 1 is 1.30 bits per heavy atom. The minimum absolute atomic E-state index is 0. The van der Waals surface area contributed by atoms with Gasteiger partial charge >= 0.3 is 0 Å². The second-order valence-corrected chi connectivity index (χ2v) is 8.32. The molecule has 0 bridgehead atoms. The Morgan fingerprint density at radius 2 is 2.07 bits per heavy atom. The lowest BCUT2D eigenvalue weighted by Crippen LogP contribution is -2.44. The molecule has 1 saturated heterocycles. The first kappa shape index (κ1) is 23.3. The molecule has 2 N–H and O–H groups in total. The highest BCUT2D eigenvalue weighted by molar-refractivity contribution is 14.0. The van der Waals surface area contributed by atoms with Gasteiger partial charge in [-0.1, -0.05) is 16.8 Å². The van der Waals surface area contributed by atoms with Crippen molar-refractivity contribution in [2.45, 2.75) is 57.7 Å². The van der Waals surface area contributed by atoms with Gasteiger partial charge in [0, 0.05) is 48.2 Å². The van der Waals surface area contributed by atoms with Gasteiger partial charge in [-0.2, -0.15) is 4.98 Å². The Kier molecular flexibility index (Phi) is 8.35. The molecular weight excluding hydrogens is 515 g/mol. The molecule has 1 saturated carbocycles. The standard InChI is InChI=1S/C21H29ClN6O.HI/c1-3-23-21(25-17-12-14(2)28(13-17)18-8-9-18)24-11-10-19-26-20(27-29-19)15-4-6-16(22)7-5-15;/h4-7,14,17-18H,3,8-13H2,1-2H3,(H2,23,24,25);1H. The number of hydrogen-bond acceptors (Lipinski definition) is 5. The van der Waals surface area contributed by atoms with Crippen molar-refractivity contribution in [3.63, 3.8) is 0 Å². The average Bonchev–Trinajstić information content (AvgIpc) is 3.33. The Balaban J connectivity index is 0.00000256. The van der Waals surface area contributed by atoms with Gasteiger partial charge in [-0.3, -0.25) is 9.89 Å². The SMILES string of the molecule is CCNC(=NCCc1nc(-c2ccc(Cl)cc2)no1)NC1CC(C)N(C2CC2)C1.I. The van der Waals surface area contributed by atoms with Gasteiger partial charge in [0.05, 0.1) is 6.54 Å². The van der Waals surface area contributed by atoms with Crippen LogP contribution >= 0.6 is 35.6 Å². The van der Waals surface area contributed by atoms with E-state index in [0.717, 1.165) is 37.1 Å². The Morgan fingerprint density at radius 3 is 2.77 bits per heavy atom. The molecule has 1 aliphatic heterocycles. The van der Waals surface area contributed by atoms with Crippen LogP contribution in [0.15, 0.2) is 33.8 Å². The van der Waals surface area contributed by atoms with E-state index in [1.165, 1.54) is 12.8 Å². The highest BCUT2D eigenvalue weighted by atomic mass is 127. The van der Waals surface area contributed by atoms with Crippen LogP contribution in [0.2, 0.25) is 5.02 Å². The summed E-state index contributed by atoms with van der Waals surface area (Å²) in [6.07, 6.45) is 4.47. The molecule has 1 aromatic heterocycles. The zero-order valence-electron chi connectivity index (χ0n) is 17.5. The number of rotatable bonds is 7. The van der Waals surface area contributed by atoms with Crippen molar-refractivity contribution in [1.82, 2.24) is 25.7 Å². The van der Waals surface area contributed by atoms with Crippen molar-refractivity contribution in [3.05, 3.63) is 35.2 Å². The zero-order chi connectivity index (χ0) is 20.2. The van der Waals surface area contributed by atoms with Gasteiger partial charge in [0.25, 0.3) is 0 Å². The molecule has 2 aromatic rings. The molecule has 2 unspecified atom stereocenters. The van der Waals surface area contributed by atoms with Gasteiger partial charge in [-0.15, -0.1) is 24.0 Å². The number of halogens is 2. The van der Waals surface area contributed by atoms with Gasteiger partial charge in [0.2, 0.25) is 11.7 Å². The molecule has 2 heterocycles. The van der Waals surface area contributed by atoms with E-state index in [4.69, 9.17) is 21.1 Å². The van der Waals surface area contributed by atoms with Crippen LogP contribution < -0.4 is 10.6 Å². The van der Waals surface area contributed by atoms with E-state index in [1.54, 1.807) is 0 Å². The molecule has 7 nitrogen and oxygen atoms in total. The fraction of sp³-hybridized carbons (Fsp3) is 0.571. The summed E-state index contributed by atoms with van der Waals surface area (Å²) in [6.45, 7) is 6.94. The lowest BCUT2D eigenvalue weighted by molar-refractivity contribution is 0.256. The Hall–Kier alpha value is -1.39. The van der Waals surface area contributed by atoms with E-state index in [2.05, 4.69) is 39.5 Å². The van der Waals surface area contributed by atoms with Crippen molar-refractivity contribution >= 4 is 41.5 Å². The normalized spacial score (nSPS) is 22.0. The molecule has 4 rings (SSSR count). The number of nitrogens with one attached hydrogen (secondary N) is 2. The number of benzene rings is 1. The van der Waals surface area contributed by atoms with Crippen LogP contribution in [-0.2, 0) is 6.42 Å². The minimum Gasteiger partial charge on any atom is -0.357 e. The third-order valence-corrected chi connectivity index (χ3v) is 5.74. The molecule has 1 aliphatic carbocycles. The van der Waals surface area contributed by atoms with Gasteiger partial charge in [0.1, 0.15) is 0 Å². The molecule has 0 radical (unpaired) electrons. The summed E-state index contributed by atoms with van der Waals surface area (Å²) in [7, 11) is 0. The molecular formula is C21H30ClIN6O. The summed E-state index contributed by atoms with van der Waals surface area (Å²) in [4.78, 5) is 11.8. The Labute approximate surface area is 200 Å². The van der Waals surface area contributed by atoms with E-state index in [0.29, 0.717) is 41.8 Å². The monoisotopic (exact) mass is 544 g/mol. The van der Waals surface area contributed by atoms with Crippen molar-refractivity contribution in [2.24, 2.45) is 4.99 Å². The first-order valence-corrected chi connectivity index (χ1v) is 10.9. The van der Waals surface area contributed by atoms with Crippen LogP contribution in [0, 0.1) is 0 Å². The van der Waals surface area contributed by atoms with Crippen LogP contribution in [0.4, 0.5) is 0 Å². The van der Waals surface area contributed by atoms with E-state index < -0.39 is 0 Å². The molecule has 0 spiro atoms. The molecule has 0 amide bonds. The van der Waals surface area contributed by atoms with Crippen molar-refractivity contribution < 1.29 is 4.52 Å². The van der Waals surface area contributed by atoms with Gasteiger partial charge < -0.3 is 15.2 Å². The number of guanidine groups is 1. The predicted molar refractivity (Wildman–Crippen MR) is 131 cm³/mol. The average molecular weight is 545 g/mol. The number of aliphatic imine (C=N–C) groups is 1. The first-order chi connectivity index (χ1) is 14.1. The second kappa shape index (κ2) is 10.8. The largest absolute Gasteiger partial charge is 0.357 e. The van der Waals surface area contributed by atoms with Crippen LogP contribution in [0.3, 0.4) is 0 Å². The molecule has 9 heteroatoms. The first-order valence-electron chi connectivity index (χ1n) is 10.5. The molecule has 164 valence electrons. The topological polar surface area (TPSA) is 78.6 Å². The number of likely N-dealkylation sites (tertiary alicyclic amines) is 1. The summed E-state index contributed by atoms with van der Waals surface area (Å²) >= 11 is 5.93. The van der Waals surface area contributed by atoms with Gasteiger partial charge in [0.15, 0.2) is 5.96 Å². The predicted octanol–water partition coefficient (Wildman–Crippen LogP) is 3.73. The maximum atomic E-state index is 5.93. The number of hydrogen-bond donors (Lipinski definition) is 2. The van der Waals surface area contributed by atoms with Crippen LogP contribution in [0.1, 0.15) is 39.0 Å². The van der Waals surface area contributed by atoms with E-state index >= 15 is 0 Å². The van der Waals surface area contributed by atoms with Crippen molar-refractivity contribution in [3.8, 4) is 11.4 Å². The quantitative estimate of drug-likeness (QED) is 0.314. The highest BCUT2D eigenvalue weighted by Gasteiger charge is 2.38. The van der Waals surface area contributed by atoms with E-state index in [9.17, 15) is 0 Å². The number of aromatic nitrogens is 2. The van der Waals surface area contributed by atoms with Gasteiger partial charge in [-0.05, 0) is 57.4 Å². The maximum absolute atomic E-state index is 5.93. The molecule has 2 aliphatic rings. The zero-order valence-corrected chi connectivity index (χ0v) is 20.6. The highest BCUT2D eigenvalue weighted by Crippen LogP contribution is 2.33. The number of nitrogens with zero attached hydrogens (tertiary/aromatic N) is 4. The summed E-state index contributed by atoms with van der Waals surface area (Å²) in [5.41, 5.74) is 0.887. The lowest BCUT2D eigenvalue weighted by atomic mass is 10.2. The van der Waals surface area contributed by atoms with Crippen LogP contribution in [0.5, 0.6) is 0 Å². The van der Waals surface area contributed by atoms with Crippen LogP contribution in [0.25, 0.3) is 11.4 Å². The summed E-state index contributed by atoms with van der Waals surface area (Å²) in [5.74, 6) is 2.02. The van der Waals surface area contributed by atoms with Crippen LogP contribution in [-0.4, -0.2) is 58.8 Å². The molecule has 2 atom stereocenters. The fourth-order valence-electron chi connectivity index (χ4n) is 3.93. The van der Waals surface area contributed by atoms with E-state index in [1.807, 2.05) is 24.3 Å². The molecule has 1 aromatic carbocycles. The summed E-state index contributed by atoms with van der Waals surface area (Å²) in [5, 5.41) is 11.7. The molecule has 2 fully saturated rings. The van der Waals surface area contributed by atoms with E-state index in [-0.39, 0.29) is 24.0 Å². The van der Waals surface area contributed by atoms with Crippen molar-refractivity contribution in [1.29, 1.82) is 0 Å². The third-order valence-electron chi connectivity index (χ3n) is 5.49. The third kappa shape index (κ3) is 6.07. The smallest absolute Gasteiger partial charge is 0.228 e. The second-order valence-electron chi connectivity index (χ2n) is 7.88. The Bertz CT molecular complexity index is 838. The molecule has 30 heavy (non-hydrogen) atoms. The minimum atomic E-state index is 0. The van der Waals surface area contributed by atoms with Gasteiger partial charge in [-0.25, -0.2) is 0 Å². The maximum Gasteiger partial charge on any atom is 0.228 e. The summed E-state index contributed by atoms with van der Waals surface area (Å²) in [6, 6.07) is 9.31. The lowest BCUT2D eigenvalue weighted by Gasteiger charge is -2.20. The van der Waals surface area contributed by atoms with Crippen molar-refractivity contribution in [2.75, 3.05) is 19.6 Å². The fourth-order valence-corrected chi connectivity index (χ4v) is 4.05. The summed E-state index contributed by atoms with van der Waals surface area (Å²) < 4.78 is 5.38.